The summed E-state index contributed by atoms with van der Waals surface area (Å²) < 4.78 is 1.83. The molecule has 0 unspecified atom stereocenters. The molecule has 3 heterocycles. The van der Waals surface area contributed by atoms with E-state index < -0.39 is 12.0 Å². The number of carbonyl (C=O) groups excluding carboxylic acids is 1. The summed E-state index contributed by atoms with van der Waals surface area (Å²) in [5, 5.41) is 14.0. The summed E-state index contributed by atoms with van der Waals surface area (Å²) in [4.78, 5) is 28.3. The molecule has 1 N–H and O–H groups in total. The van der Waals surface area contributed by atoms with Gasteiger partial charge in [0, 0.05) is 50.4 Å². The van der Waals surface area contributed by atoms with Gasteiger partial charge in [-0.15, -0.1) is 0 Å². The summed E-state index contributed by atoms with van der Waals surface area (Å²) in [6, 6.07) is -0.444. The van der Waals surface area contributed by atoms with Gasteiger partial charge in [0.2, 0.25) is 5.91 Å². The number of aryl methyl sites for hydroxylation is 1. The Morgan fingerprint density at radius 3 is 2.54 bits per heavy atom. The Morgan fingerprint density at radius 2 is 2.00 bits per heavy atom. The van der Waals surface area contributed by atoms with Gasteiger partial charge in [-0.05, 0) is 44.4 Å². The van der Waals surface area contributed by atoms with Crippen LogP contribution in [-0.2, 0) is 23.2 Å². The van der Waals surface area contributed by atoms with Crippen LogP contribution in [-0.4, -0.2) is 62.2 Å². The van der Waals surface area contributed by atoms with E-state index in [1.165, 1.54) is 0 Å². The first-order chi connectivity index (χ1) is 12.4. The zero-order chi connectivity index (χ0) is 18.5. The number of piperidine rings is 1. The minimum absolute atomic E-state index is 0.0273. The number of carboxylic acid groups (broad SMARTS) is 1. The molecule has 1 atom stereocenters. The Balaban J connectivity index is 1.45. The fourth-order valence-electron chi connectivity index (χ4n) is 4.62. The molecule has 1 amide bonds. The Kier molecular flexibility index (Phi) is 4.29. The molecule has 3 fully saturated rings. The van der Waals surface area contributed by atoms with E-state index in [-0.39, 0.29) is 11.3 Å². The quantitative estimate of drug-likeness (QED) is 0.878. The van der Waals surface area contributed by atoms with Crippen molar-refractivity contribution in [1.82, 2.24) is 19.6 Å². The molecule has 142 valence electrons. The predicted molar refractivity (Wildman–Crippen MR) is 95.4 cm³/mol. The number of amides is 1. The molecule has 1 saturated carbocycles. The van der Waals surface area contributed by atoms with Gasteiger partial charge in [-0.3, -0.25) is 19.2 Å². The van der Waals surface area contributed by atoms with Crippen molar-refractivity contribution in [3.8, 4) is 0 Å². The second-order valence-electron chi connectivity index (χ2n) is 8.44. The SMILES string of the molecule is Cc1c(CN2CC3(CCN(C(=O)C4CC4)CC3)C[C@H]2C(=O)O)cnn1C. The first-order valence-electron chi connectivity index (χ1n) is 9.62. The van der Waals surface area contributed by atoms with Crippen molar-refractivity contribution in [3.05, 3.63) is 17.5 Å². The minimum Gasteiger partial charge on any atom is -0.480 e. The largest absolute Gasteiger partial charge is 0.480 e. The molecule has 4 rings (SSSR count). The van der Waals surface area contributed by atoms with Crippen LogP contribution in [0, 0.1) is 18.3 Å². The summed E-state index contributed by atoms with van der Waals surface area (Å²) in [5.41, 5.74) is 2.21. The molecular formula is C19H28N4O3. The number of hydrogen-bond donors (Lipinski definition) is 1. The summed E-state index contributed by atoms with van der Waals surface area (Å²) >= 11 is 0. The van der Waals surface area contributed by atoms with E-state index in [1.54, 1.807) is 0 Å². The number of rotatable bonds is 4. The van der Waals surface area contributed by atoms with Crippen molar-refractivity contribution in [2.45, 2.75) is 51.6 Å². The topological polar surface area (TPSA) is 78.7 Å². The lowest BCUT2D eigenvalue weighted by Crippen LogP contribution is -2.44. The number of carbonyl (C=O) groups is 2. The van der Waals surface area contributed by atoms with Gasteiger partial charge in [-0.25, -0.2) is 0 Å². The number of nitrogens with zero attached hydrogens (tertiary/aromatic N) is 4. The highest BCUT2D eigenvalue weighted by atomic mass is 16.4. The molecule has 1 aromatic heterocycles. The lowest BCUT2D eigenvalue weighted by atomic mass is 9.76. The van der Waals surface area contributed by atoms with Crippen molar-refractivity contribution < 1.29 is 14.7 Å². The van der Waals surface area contributed by atoms with Crippen LogP contribution >= 0.6 is 0 Å². The van der Waals surface area contributed by atoms with Gasteiger partial charge in [0.25, 0.3) is 0 Å². The molecule has 1 aromatic rings. The highest BCUT2D eigenvalue weighted by molar-refractivity contribution is 5.81. The van der Waals surface area contributed by atoms with E-state index in [2.05, 4.69) is 10.00 Å². The predicted octanol–water partition coefficient (Wildman–Crippen LogP) is 1.41. The van der Waals surface area contributed by atoms with Crippen LogP contribution < -0.4 is 0 Å². The summed E-state index contributed by atoms with van der Waals surface area (Å²) in [6.45, 7) is 5.00. The molecule has 0 radical (unpaired) electrons. The zero-order valence-electron chi connectivity index (χ0n) is 15.6. The maximum Gasteiger partial charge on any atom is 0.320 e. The van der Waals surface area contributed by atoms with Gasteiger partial charge in [-0.2, -0.15) is 5.10 Å². The van der Waals surface area contributed by atoms with E-state index in [0.29, 0.717) is 18.9 Å². The molecule has 0 aromatic carbocycles. The number of likely N-dealkylation sites (tertiary alicyclic amines) is 2. The van der Waals surface area contributed by atoms with E-state index in [9.17, 15) is 14.7 Å². The van der Waals surface area contributed by atoms with Crippen molar-refractivity contribution >= 4 is 11.9 Å². The van der Waals surface area contributed by atoms with E-state index >= 15 is 0 Å². The van der Waals surface area contributed by atoms with Gasteiger partial charge >= 0.3 is 5.97 Å². The second kappa shape index (κ2) is 6.37. The van der Waals surface area contributed by atoms with Gasteiger partial charge in [0.15, 0.2) is 0 Å². The number of aliphatic carboxylic acids is 1. The van der Waals surface area contributed by atoms with Crippen LogP contribution in [0.5, 0.6) is 0 Å². The van der Waals surface area contributed by atoms with Gasteiger partial charge in [0.05, 0.1) is 6.20 Å². The maximum absolute atomic E-state index is 12.3. The first-order valence-corrected chi connectivity index (χ1v) is 9.62. The minimum atomic E-state index is -0.736. The van der Waals surface area contributed by atoms with E-state index in [1.807, 2.05) is 29.7 Å². The Bertz CT molecular complexity index is 716. The smallest absolute Gasteiger partial charge is 0.320 e. The van der Waals surface area contributed by atoms with Gasteiger partial charge < -0.3 is 10.0 Å². The molecule has 26 heavy (non-hydrogen) atoms. The third-order valence-corrected chi connectivity index (χ3v) is 6.66. The fraction of sp³-hybridized carbons (Fsp3) is 0.737. The summed E-state index contributed by atoms with van der Waals surface area (Å²) in [5.74, 6) is -0.153. The van der Waals surface area contributed by atoms with Gasteiger partial charge in [-0.1, -0.05) is 0 Å². The van der Waals surface area contributed by atoms with Crippen LogP contribution in [0.3, 0.4) is 0 Å². The van der Waals surface area contributed by atoms with Crippen LogP contribution in [0.2, 0.25) is 0 Å². The molecule has 7 nitrogen and oxygen atoms in total. The molecule has 0 bridgehead atoms. The molecule has 1 aliphatic carbocycles. The van der Waals surface area contributed by atoms with E-state index in [0.717, 1.165) is 56.6 Å². The Morgan fingerprint density at radius 1 is 1.31 bits per heavy atom. The first kappa shape index (κ1) is 17.5. The second-order valence-corrected chi connectivity index (χ2v) is 8.44. The monoisotopic (exact) mass is 360 g/mol. The molecular weight excluding hydrogens is 332 g/mol. The molecule has 7 heteroatoms. The number of aromatic nitrogens is 2. The van der Waals surface area contributed by atoms with E-state index in [4.69, 9.17) is 0 Å². The fourth-order valence-corrected chi connectivity index (χ4v) is 4.62. The third-order valence-electron chi connectivity index (χ3n) is 6.66. The maximum atomic E-state index is 12.3. The third kappa shape index (κ3) is 3.13. The van der Waals surface area contributed by atoms with Crippen molar-refractivity contribution in [2.24, 2.45) is 18.4 Å². The van der Waals surface area contributed by atoms with Crippen LogP contribution in [0.15, 0.2) is 6.20 Å². The molecule has 2 saturated heterocycles. The highest BCUT2D eigenvalue weighted by Crippen LogP contribution is 2.45. The standard InChI is InChI=1S/C19H28N4O3/c1-13-15(10-20-21(13)2)11-23-12-19(9-16(23)18(25)26)5-7-22(8-6-19)17(24)14-3-4-14/h10,14,16H,3-9,11-12H2,1-2H3,(H,25,26)/t16-/m0/s1. The lowest BCUT2D eigenvalue weighted by molar-refractivity contribution is -0.142. The van der Waals surface area contributed by atoms with Gasteiger partial charge in [0.1, 0.15) is 6.04 Å². The van der Waals surface area contributed by atoms with Crippen molar-refractivity contribution in [3.63, 3.8) is 0 Å². The van der Waals surface area contributed by atoms with Crippen LogP contribution in [0.25, 0.3) is 0 Å². The molecule has 1 spiro atoms. The van der Waals surface area contributed by atoms with Crippen LogP contribution in [0.1, 0.15) is 43.4 Å². The van der Waals surface area contributed by atoms with Crippen LogP contribution in [0.4, 0.5) is 0 Å². The Labute approximate surface area is 153 Å². The summed E-state index contributed by atoms with van der Waals surface area (Å²) in [6.07, 6.45) is 6.44. The number of carboxylic acids is 1. The average Bonchev–Trinajstić information content (AvgIpc) is 3.35. The Hall–Kier alpha value is -1.89. The van der Waals surface area contributed by atoms with Crippen molar-refractivity contribution in [1.29, 1.82) is 0 Å². The van der Waals surface area contributed by atoms with Crippen molar-refractivity contribution in [2.75, 3.05) is 19.6 Å². The zero-order valence-corrected chi connectivity index (χ0v) is 15.6. The normalized spacial score (nSPS) is 25.8. The highest BCUT2D eigenvalue weighted by Gasteiger charge is 2.49. The average molecular weight is 360 g/mol. The molecule has 2 aliphatic heterocycles. The lowest BCUT2D eigenvalue weighted by Gasteiger charge is -2.39. The molecule has 3 aliphatic rings. The summed E-state index contributed by atoms with van der Waals surface area (Å²) in [7, 11) is 1.91. The number of hydrogen-bond acceptors (Lipinski definition) is 4.